The van der Waals surface area contributed by atoms with Crippen molar-refractivity contribution in [3.8, 4) is 5.75 Å². The van der Waals surface area contributed by atoms with Gasteiger partial charge in [-0.1, -0.05) is 6.07 Å². The number of carbonyl (C=O) groups is 3. The quantitative estimate of drug-likeness (QED) is 0.853. The molecule has 2 amide bonds. The number of likely N-dealkylation sites (tertiary alicyclic amines) is 1. The van der Waals surface area contributed by atoms with Crippen LogP contribution in [0.4, 0.5) is 5.69 Å². The Kier molecular flexibility index (Phi) is 5.56. The fourth-order valence-electron chi connectivity index (χ4n) is 2.51. The molecule has 0 atom stereocenters. The molecular formula is C16H20N2O5. The van der Waals surface area contributed by atoms with E-state index < -0.39 is 12.6 Å². The molecule has 0 bridgehead atoms. The van der Waals surface area contributed by atoms with E-state index in [9.17, 15) is 14.4 Å². The van der Waals surface area contributed by atoms with E-state index in [1.165, 1.54) is 6.92 Å². The summed E-state index contributed by atoms with van der Waals surface area (Å²) in [5.41, 5.74) is 0.562. The average molecular weight is 320 g/mol. The van der Waals surface area contributed by atoms with Gasteiger partial charge in [0.05, 0.1) is 0 Å². The van der Waals surface area contributed by atoms with Crippen LogP contribution in [0.3, 0.4) is 0 Å². The van der Waals surface area contributed by atoms with Gasteiger partial charge in [-0.15, -0.1) is 0 Å². The predicted octanol–water partition coefficient (Wildman–Crippen LogP) is 1.35. The van der Waals surface area contributed by atoms with Gasteiger partial charge in [-0.2, -0.15) is 0 Å². The monoisotopic (exact) mass is 320 g/mol. The Bertz CT molecular complexity index is 594. The highest BCUT2D eigenvalue weighted by Crippen LogP contribution is 2.22. The number of ether oxygens (including phenoxy) is 1. The minimum Gasteiger partial charge on any atom is -0.482 e. The third-order valence-corrected chi connectivity index (χ3v) is 3.77. The van der Waals surface area contributed by atoms with Gasteiger partial charge in [-0.05, 0) is 25.0 Å². The summed E-state index contributed by atoms with van der Waals surface area (Å²) >= 11 is 0. The van der Waals surface area contributed by atoms with Crippen LogP contribution >= 0.6 is 0 Å². The van der Waals surface area contributed by atoms with Crippen molar-refractivity contribution < 1.29 is 24.2 Å². The topological polar surface area (TPSA) is 95.9 Å². The molecule has 1 aliphatic heterocycles. The molecule has 1 aromatic rings. The first-order valence-corrected chi connectivity index (χ1v) is 7.46. The molecule has 1 aromatic carbocycles. The number of hydrogen-bond acceptors (Lipinski definition) is 4. The fraction of sp³-hybridized carbons (Fsp3) is 0.438. The van der Waals surface area contributed by atoms with E-state index >= 15 is 0 Å². The lowest BCUT2D eigenvalue weighted by Crippen LogP contribution is -2.40. The molecule has 0 saturated carbocycles. The molecule has 0 aliphatic carbocycles. The summed E-state index contributed by atoms with van der Waals surface area (Å²) in [7, 11) is 0. The lowest BCUT2D eigenvalue weighted by molar-refractivity contribution is -0.139. The number of hydrogen-bond donors (Lipinski definition) is 2. The number of rotatable bonds is 5. The van der Waals surface area contributed by atoms with Crippen LogP contribution < -0.4 is 10.1 Å². The van der Waals surface area contributed by atoms with Gasteiger partial charge >= 0.3 is 5.97 Å². The first kappa shape index (κ1) is 16.8. The maximum Gasteiger partial charge on any atom is 0.341 e. The molecule has 0 spiro atoms. The number of benzene rings is 1. The van der Waals surface area contributed by atoms with Crippen LogP contribution in [0.1, 0.15) is 19.8 Å². The van der Waals surface area contributed by atoms with Crippen molar-refractivity contribution in [1.29, 1.82) is 0 Å². The standard InChI is InChI=1S/C16H20N2O5/c1-11(19)18-7-5-12(6-8-18)16(22)17-13-3-2-4-14(9-13)23-10-15(20)21/h2-4,9,12H,5-8,10H2,1H3,(H,17,22)(H,20,21). The molecule has 0 radical (unpaired) electrons. The second-order valence-corrected chi connectivity index (χ2v) is 5.48. The lowest BCUT2D eigenvalue weighted by Gasteiger charge is -2.30. The van der Waals surface area contributed by atoms with E-state index in [2.05, 4.69) is 5.32 Å². The largest absolute Gasteiger partial charge is 0.482 e. The molecule has 7 heteroatoms. The molecule has 2 rings (SSSR count). The van der Waals surface area contributed by atoms with E-state index in [0.29, 0.717) is 37.4 Å². The van der Waals surface area contributed by atoms with Crippen LogP contribution in [0.25, 0.3) is 0 Å². The SMILES string of the molecule is CC(=O)N1CCC(C(=O)Nc2cccc(OCC(=O)O)c2)CC1. The molecule has 23 heavy (non-hydrogen) atoms. The summed E-state index contributed by atoms with van der Waals surface area (Å²) in [6, 6.07) is 6.62. The fourth-order valence-corrected chi connectivity index (χ4v) is 2.51. The van der Waals surface area contributed by atoms with Crippen LogP contribution in [0, 0.1) is 5.92 Å². The summed E-state index contributed by atoms with van der Waals surface area (Å²) in [6.07, 6.45) is 1.28. The molecule has 2 N–H and O–H groups in total. The first-order chi connectivity index (χ1) is 11.0. The van der Waals surface area contributed by atoms with Gasteiger partial charge in [0.2, 0.25) is 11.8 Å². The van der Waals surface area contributed by atoms with Gasteiger partial charge in [0, 0.05) is 37.7 Å². The Hall–Kier alpha value is -2.57. The number of anilines is 1. The summed E-state index contributed by atoms with van der Waals surface area (Å²) in [5, 5.41) is 11.4. The van der Waals surface area contributed by atoms with Crippen molar-refractivity contribution in [2.24, 2.45) is 5.92 Å². The first-order valence-electron chi connectivity index (χ1n) is 7.46. The zero-order chi connectivity index (χ0) is 16.8. The number of carboxylic acids is 1. The Morgan fingerprint density at radius 1 is 1.30 bits per heavy atom. The lowest BCUT2D eigenvalue weighted by atomic mass is 9.96. The number of amides is 2. The van der Waals surface area contributed by atoms with Crippen LogP contribution in [0.5, 0.6) is 5.75 Å². The third kappa shape index (κ3) is 4.98. The maximum absolute atomic E-state index is 12.3. The van der Waals surface area contributed by atoms with Crippen LogP contribution in [-0.2, 0) is 14.4 Å². The smallest absolute Gasteiger partial charge is 0.341 e. The number of nitrogens with zero attached hydrogens (tertiary/aromatic N) is 1. The zero-order valence-electron chi connectivity index (χ0n) is 12.9. The number of aliphatic carboxylic acids is 1. The Labute approximate surface area is 134 Å². The normalized spacial score (nSPS) is 15.1. The minimum absolute atomic E-state index is 0.0344. The van der Waals surface area contributed by atoms with Crippen molar-refractivity contribution in [2.45, 2.75) is 19.8 Å². The Morgan fingerprint density at radius 2 is 2.00 bits per heavy atom. The van der Waals surface area contributed by atoms with Crippen LogP contribution in [0.2, 0.25) is 0 Å². The highest BCUT2D eigenvalue weighted by Gasteiger charge is 2.26. The van der Waals surface area contributed by atoms with E-state index in [4.69, 9.17) is 9.84 Å². The van der Waals surface area contributed by atoms with Gasteiger partial charge < -0.3 is 20.1 Å². The third-order valence-electron chi connectivity index (χ3n) is 3.77. The zero-order valence-corrected chi connectivity index (χ0v) is 12.9. The highest BCUT2D eigenvalue weighted by atomic mass is 16.5. The molecule has 0 unspecified atom stereocenters. The molecule has 1 fully saturated rings. The second kappa shape index (κ2) is 7.62. The van der Waals surface area contributed by atoms with Crippen molar-refractivity contribution in [2.75, 3.05) is 25.0 Å². The van der Waals surface area contributed by atoms with Gasteiger partial charge in [-0.3, -0.25) is 9.59 Å². The van der Waals surface area contributed by atoms with E-state index in [1.54, 1.807) is 29.2 Å². The Morgan fingerprint density at radius 3 is 2.61 bits per heavy atom. The molecule has 1 heterocycles. The summed E-state index contributed by atoms with van der Waals surface area (Å²) in [4.78, 5) is 35.8. The summed E-state index contributed by atoms with van der Waals surface area (Å²) < 4.78 is 5.08. The van der Waals surface area contributed by atoms with Gasteiger partial charge in [0.15, 0.2) is 6.61 Å². The molecule has 1 saturated heterocycles. The van der Waals surface area contributed by atoms with Crippen LogP contribution in [0.15, 0.2) is 24.3 Å². The second-order valence-electron chi connectivity index (χ2n) is 5.48. The van der Waals surface area contributed by atoms with Gasteiger partial charge in [0.1, 0.15) is 5.75 Å². The number of nitrogens with one attached hydrogen (secondary N) is 1. The maximum atomic E-state index is 12.3. The van der Waals surface area contributed by atoms with E-state index in [-0.39, 0.29) is 17.7 Å². The number of carboxylic acid groups (broad SMARTS) is 1. The van der Waals surface area contributed by atoms with E-state index in [0.717, 1.165) is 0 Å². The molecule has 7 nitrogen and oxygen atoms in total. The van der Waals surface area contributed by atoms with Gasteiger partial charge in [0.25, 0.3) is 0 Å². The van der Waals surface area contributed by atoms with E-state index in [1.807, 2.05) is 0 Å². The molecule has 1 aliphatic rings. The molecule has 0 aromatic heterocycles. The minimum atomic E-state index is -1.06. The summed E-state index contributed by atoms with van der Waals surface area (Å²) in [5.74, 6) is -0.863. The van der Waals surface area contributed by atoms with Crippen LogP contribution in [-0.4, -0.2) is 47.5 Å². The van der Waals surface area contributed by atoms with Crippen molar-refractivity contribution in [3.63, 3.8) is 0 Å². The van der Waals surface area contributed by atoms with Crippen molar-refractivity contribution >= 4 is 23.5 Å². The van der Waals surface area contributed by atoms with Crippen molar-refractivity contribution in [3.05, 3.63) is 24.3 Å². The summed E-state index contributed by atoms with van der Waals surface area (Å²) in [6.45, 7) is 2.29. The Balaban J connectivity index is 1.89. The van der Waals surface area contributed by atoms with Gasteiger partial charge in [-0.25, -0.2) is 4.79 Å². The average Bonchev–Trinajstić information content (AvgIpc) is 2.53. The predicted molar refractivity (Wildman–Crippen MR) is 83.2 cm³/mol. The highest BCUT2D eigenvalue weighted by molar-refractivity contribution is 5.93. The molecule has 124 valence electrons. The molecular weight excluding hydrogens is 300 g/mol. The number of carbonyl (C=O) groups excluding carboxylic acids is 2. The number of piperidine rings is 1. The van der Waals surface area contributed by atoms with Crippen molar-refractivity contribution in [1.82, 2.24) is 4.90 Å².